The van der Waals surface area contributed by atoms with E-state index in [0.717, 1.165) is 57.4 Å². The average Bonchev–Trinajstić information content (AvgIpc) is 3.38. The number of aromatic nitrogens is 3. The van der Waals surface area contributed by atoms with Crippen molar-refractivity contribution in [1.29, 1.82) is 5.26 Å². The lowest BCUT2D eigenvalue weighted by atomic mass is 9.97. The van der Waals surface area contributed by atoms with Crippen LogP contribution in [0.15, 0.2) is 55.0 Å². The first kappa shape index (κ1) is 17.4. The Kier molecular flexibility index (Phi) is 4.23. The fourth-order valence-corrected chi connectivity index (χ4v) is 4.22. The van der Waals surface area contributed by atoms with Crippen LogP contribution in [0.4, 0.5) is 0 Å². The smallest absolute Gasteiger partial charge is 0.177 e. The van der Waals surface area contributed by atoms with Gasteiger partial charge in [-0.3, -0.25) is 0 Å². The van der Waals surface area contributed by atoms with Gasteiger partial charge in [-0.05, 0) is 47.2 Å². The molecule has 2 heterocycles. The van der Waals surface area contributed by atoms with Gasteiger partial charge in [0.05, 0.1) is 23.7 Å². The lowest BCUT2D eigenvalue weighted by Gasteiger charge is -2.12. The molecule has 0 aliphatic heterocycles. The maximum absolute atomic E-state index is 9.50. The minimum absolute atomic E-state index is 0.00233. The molecular formula is C23H19N5O. The van der Waals surface area contributed by atoms with E-state index in [2.05, 4.69) is 44.7 Å². The van der Waals surface area contributed by atoms with Gasteiger partial charge in [-0.1, -0.05) is 30.3 Å². The van der Waals surface area contributed by atoms with Crippen LogP contribution < -0.4 is 5.32 Å². The predicted octanol–water partition coefficient (Wildman–Crippen LogP) is 3.84. The molecule has 0 bridgehead atoms. The number of benzene rings is 2. The van der Waals surface area contributed by atoms with Gasteiger partial charge in [0.1, 0.15) is 12.0 Å². The zero-order valence-electron chi connectivity index (χ0n) is 15.7. The lowest BCUT2D eigenvalue weighted by Crippen LogP contribution is -2.12. The number of H-pyrrole nitrogens is 1. The predicted molar refractivity (Wildman–Crippen MR) is 110 cm³/mol. The van der Waals surface area contributed by atoms with Gasteiger partial charge < -0.3 is 15.4 Å². The Labute approximate surface area is 167 Å². The molecule has 0 saturated carbocycles. The normalized spacial score (nSPS) is 15.2. The molecular weight excluding hydrogens is 362 g/mol. The number of aliphatic hydroxyl groups excluding tert-OH is 1. The largest absolute Gasteiger partial charge is 0.392 e. The highest BCUT2D eigenvalue weighted by molar-refractivity contribution is 6.02. The molecule has 2 aromatic heterocycles. The van der Waals surface area contributed by atoms with Crippen molar-refractivity contribution >= 4 is 11.0 Å². The number of nitriles is 1. The van der Waals surface area contributed by atoms with E-state index in [1.807, 2.05) is 30.5 Å². The number of aryl methyl sites for hydroxylation is 1. The van der Waals surface area contributed by atoms with E-state index >= 15 is 0 Å². The van der Waals surface area contributed by atoms with Crippen molar-refractivity contribution in [2.45, 2.75) is 25.5 Å². The van der Waals surface area contributed by atoms with E-state index in [1.54, 1.807) is 6.33 Å². The third kappa shape index (κ3) is 2.93. The van der Waals surface area contributed by atoms with Gasteiger partial charge in [-0.2, -0.15) is 5.26 Å². The van der Waals surface area contributed by atoms with Crippen molar-refractivity contribution in [2.75, 3.05) is 0 Å². The van der Waals surface area contributed by atoms with E-state index < -0.39 is 0 Å². The molecule has 6 heteroatoms. The first-order valence-corrected chi connectivity index (χ1v) is 9.58. The van der Waals surface area contributed by atoms with Crippen molar-refractivity contribution < 1.29 is 5.11 Å². The second-order valence-corrected chi connectivity index (χ2v) is 7.27. The molecule has 1 aliphatic carbocycles. The molecule has 1 aliphatic rings. The zero-order valence-corrected chi connectivity index (χ0v) is 15.7. The molecule has 0 radical (unpaired) electrons. The number of fused-ring (bicyclic) bond motifs is 2. The summed E-state index contributed by atoms with van der Waals surface area (Å²) in [4.78, 5) is 12.3. The Bertz CT molecular complexity index is 1250. The van der Waals surface area contributed by atoms with E-state index in [1.165, 1.54) is 5.56 Å². The molecule has 4 aromatic rings. The van der Waals surface area contributed by atoms with Crippen LogP contribution in [0.3, 0.4) is 0 Å². The Morgan fingerprint density at radius 3 is 2.97 bits per heavy atom. The van der Waals surface area contributed by atoms with Gasteiger partial charge in [0.2, 0.25) is 0 Å². The van der Waals surface area contributed by atoms with Crippen LogP contribution in [0.5, 0.6) is 0 Å². The summed E-state index contributed by atoms with van der Waals surface area (Å²) in [6.45, 7) is -0.00233. The van der Waals surface area contributed by atoms with Crippen LogP contribution in [0.1, 0.15) is 29.2 Å². The molecule has 5 rings (SSSR count). The number of nitrogens with one attached hydrogen (secondary N) is 2. The van der Waals surface area contributed by atoms with Crippen LogP contribution in [0.25, 0.3) is 33.4 Å². The van der Waals surface area contributed by atoms with E-state index in [-0.39, 0.29) is 12.6 Å². The molecule has 2 aromatic carbocycles. The van der Waals surface area contributed by atoms with E-state index in [9.17, 15) is 5.11 Å². The second-order valence-electron chi connectivity index (χ2n) is 7.27. The summed E-state index contributed by atoms with van der Waals surface area (Å²) in [6.07, 6.45) is 7.48. The molecule has 0 saturated heterocycles. The summed E-state index contributed by atoms with van der Waals surface area (Å²) in [5.41, 5.74) is 7.92. The molecule has 0 unspecified atom stereocenters. The molecule has 0 spiro atoms. The number of rotatable bonds is 4. The molecule has 142 valence electrons. The van der Waals surface area contributed by atoms with Crippen LogP contribution >= 0.6 is 0 Å². The third-order valence-electron chi connectivity index (χ3n) is 5.63. The highest BCUT2D eigenvalue weighted by Gasteiger charge is 2.23. The average molecular weight is 381 g/mol. The Hall–Kier alpha value is -3.69. The zero-order chi connectivity index (χ0) is 19.8. The van der Waals surface area contributed by atoms with Crippen molar-refractivity contribution in [3.05, 3.63) is 71.7 Å². The maximum Gasteiger partial charge on any atom is 0.177 e. The van der Waals surface area contributed by atoms with Crippen molar-refractivity contribution in [3.63, 3.8) is 0 Å². The Balaban J connectivity index is 1.68. The second kappa shape index (κ2) is 7.04. The minimum atomic E-state index is -0.00233. The van der Waals surface area contributed by atoms with Crippen molar-refractivity contribution in [3.8, 4) is 28.6 Å². The standard InChI is InChI=1S/C23H19N5O/c24-12-26-20-7-6-15-4-5-17(9-18(15)20)22-21-19(10-25-23(21)28-13-27-22)16-3-1-2-14(8-16)11-29/h1-5,8-10,13,20,26,29H,6-7,11H2,(H,25,27,28)/t20-/m0/s1. The fourth-order valence-electron chi connectivity index (χ4n) is 4.22. The molecule has 0 fully saturated rings. The highest BCUT2D eigenvalue weighted by Crippen LogP contribution is 2.38. The number of nitrogens with zero attached hydrogens (tertiary/aromatic N) is 3. The summed E-state index contributed by atoms with van der Waals surface area (Å²) < 4.78 is 0. The molecule has 29 heavy (non-hydrogen) atoms. The topological polar surface area (TPSA) is 97.6 Å². The van der Waals surface area contributed by atoms with Crippen LogP contribution in [0.2, 0.25) is 0 Å². The number of aromatic amines is 1. The monoisotopic (exact) mass is 381 g/mol. The Morgan fingerprint density at radius 2 is 2.10 bits per heavy atom. The van der Waals surface area contributed by atoms with Gasteiger partial charge in [0, 0.05) is 17.3 Å². The molecule has 6 nitrogen and oxygen atoms in total. The van der Waals surface area contributed by atoms with Gasteiger partial charge in [0.15, 0.2) is 6.19 Å². The number of aliphatic hydroxyl groups is 1. The summed E-state index contributed by atoms with van der Waals surface area (Å²) in [6, 6.07) is 14.3. The first-order valence-electron chi connectivity index (χ1n) is 9.58. The molecule has 1 atom stereocenters. The molecule has 3 N–H and O–H groups in total. The van der Waals surface area contributed by atoms with Crippen molar-refractivity contribution in [1.82, 2.24) is 20.3 Å². The van der Waals surface area contributed by atoms with Gasteiger partial charge >= 0.3 is 0 Å². The first-order chi connectivity index (χ1) is 14.3. The SMILES string of the molecule is N#CN[C@H]1CCc2ccc(-c3ncnc4[nH]cc(-c5cccc(CO)c5)c34)cc21. The summed E-state index contributed by atoms with van der Waals surface area (Å²) in [5, 5.41) is 22.4. The van der Waals surface area contributed by atoms with Gasteiger partial charge in [0.25, 0.3) is 0 Å². The van der Waals surface area contributed by atoms with Gasteiger partial charge in [-0.15, -0.1) is 0 Å². The summed E-state index contributed by atoms with van der Waals surface area (Å²) >= 11 is 0. The highest BCUT2D eigenvalue weighted by atomic mass is 16.3. The maximum atomic E-state index is 9.50. The fraction of sp³-hybridized carbons (Fsp3) is 0.174. The van der Waals surface area contributed by atoms with Crippen LogP contribution in [-0.4, -0.2) is 20.1 Å². The van der Waals surface area contributed by atoms with Crippen LogP contribution in [0, 0.1) is 11.5 Å². The quantitative estimate of drug-likeness (QED) is 0.369. The van der Waals surface area contributed by atoms with E-state index in [0.29, 0.717) is 0 Å². The van der Waals surface area contributed by atoms with Crippen LogP contribution in [-0.2, 0) is 13.0 Å². The number of hydrogen-bond acceptors (Lipinski definition) is 5. The Morgan fingerprint density at radius 1 is 1.17 bits per heavy atom. The number of hydrogen-bond donors (Lipinski definition) is 3. The van der Waals surface area contributed by atoms with Gasteiger partial charge in [-0.25, -0.2) is 9.97 Å². The summed E-state index contributed by atoms with van der Waals surface area (Å²) in [7, 11) is 0. The van der Waals surface area contributed by atoms with Crippen molar-refractivity contribution in [2.24, 2.45) is 0 Å². The van der Waals surface area contributed by atoms with E-state index in [4.69, 9.17) is 5.26 Å². The summed E-state index contributed by atoms with van der Waals surface area (Å²) in [5.74, 6) is 0. The molecule has 0 amide bonds. The minimum Gasteiger partial charge on any atom is -0.392 e. The lowest BCUT2D eigenvalue weighted by molar-refractivity contribution is 0.282. The third-order valence-corrected chi connectivity index (χ3v) is 5.63.